The quantitative estimate of drug-likeness (QED) is 0.796. The molecule has 2 amide bonds. The molecule has 1 aromatic rings. The molecule has 1 unspecified atom stereocenters. The summed E-state index contributed by atoms with van der Waals surface area (Å²) in [6, 6.07) is 7.18. The Kier molecular flexibility index (Phi) is 4.63. The van der Waals surface area contributed by atoms with Crippen LogP contribution in [0.2, 0.25) is 0 Å². The van der Waals surface area contributed by atoms with Crippen LogP contribution in [0, 0.1) is 11.3 Å². The zero-order valence-corrected chi connectivity index (χ0v) is 12.8. The Labute approximate surface area is 125 Å². The molecule has 0 bridgehead atoms. The van der Waals surface area contributed by atoms with Crippen molar-refractivity contribution in [2.24, 2.45) is 11.3 Å². The normalized spacial score (nSPS) is 21.3. The van der Waals surface area contributed by atoms with Crippen molar-refractivity contribution in [3.8, 4) is 0 Å². The summed E-state index contributed by atoms with van der Waals surface area (Å²) in [5.74, 6) is 0.239. The van der Waals surface area contributed by atoms with Crippen molar-refractivity contribution in [2.75, 3.05) is 23.7 Å². The van der Waals surface area contributed by atoms with Gasteiger partial charge in [0.2, 0.25) is 11.8 Å². The summed E-state index contributed by atoms with van der Waals surface area (Å²) in [5.41, 5.74) is 1.14. The largest absolute Gasteiger partial charge is 0.326 e. The second-order valence-electron chi connectivity index (χ2n) is 5.95. The van der Waals surface area contributed by atoms with Gasteiger partial charge < -0.3 is 16.0 Å². The van der Waals surface area contributed by atoms with Gasteiger partial charge in [-0.1, -0.05) is 13.8 Å². The zero-order valence-electron chi connectivity index (χ0n) is 12.8. The van der Waals surface area contributed by atoms with Crippen LogP contribution in [0.3, 0.4) is 0 Å². The molecule has 3 N–H and O–H groups in total. The first kappa shape index (κ1) is 15.5. The van der Waals surface area contributed by atoms with Crippen molar-refractivity contribution in [2.45, 2.75) is 27.2 Å². The van der Waals surface area contributed by atoms with Crippen molar-refractivity contribution in [3.63, 3.8) is 0 Å². The lowest BCUT2D eigenvalue weighted by Gasteiger charge is -2.31. The molecule has 1 heterocycles. The van der Waals surface area contributed by atoms with Gasteiger partial charge in [0.15, 0.2) is 0 Å². The van der Waals surface area contributed by atoms with Crippen LogP contribution in [0.15, 0.2) is 24.3 Å². The van der Waals surface area contributed by atoms with Crippen LogP contribution in [0.4, 0.5) is 11.4 Å². The Morgan fingerprint density at radius 1 is 1.14 bits per heavy atom. The van der Waals surface area contributed by atoms with Crippen molar-refractivity contribution < 1.29 is 9.59 Å². The fraction of sp³-hybridized carbons (Fsp3) is 0.500. The Balaban J connectivity index is 2.07. The standard InChI is InChI=1S/C16H23N3O2/c1-11(2)16(8-9-17-10-16)15(21)19-14-6-4-13(5-7-14)18-12(3)20/h4-7,11,17H,8-10H2,1-3H3,(H,18,20)(H,19,21). The Morgan fingerprint density at radius 3 is 2.14 bits per heavy atom. The first-order chi connectivity index (χ1) is 9.94. The van der Waals surface area contributed by atoms with Crippen LogP contribution in [0.5, 0.6) is 0 Å². The van der Waals surface area contributed by atoms with Gasteiger partial charge in [-0.15, -0.1) is 0 Å². The molecular formula is C16H23N3O2. The van der Waals surface area contributed by atoms with Crippen molar-refractivity contribution >= 4 is 23.2 Å². The molecule has 21 heavy (non-hydrogen) atoms. The minimum atomic E-state index is -0.337. The molecule has 1 atom stereocenters. The summed E-state index contributed by atoms with van der Waals surface area (Å²) >= 11 is 0. The highest BCUT2D eigenvalue weighted by Crippen LogP contribution is 2.35. The van der Waals surface area contributed by atoms with E-state index in [0.29, 0.717) is 0 Å². The van der Waals surface area contributed by atoms with Crippen molar-refractivity contribution in [1.82, 2.24) is 5.32 Å². The fourth-order valence-corrected chi connectivity index (χ4v) is 2.76. The van der Waals surface area contributed by atoms with E-state index in [1.165, 1.54) is 6.92 Å². The first-order valence-electron chi connectivity index (χ1n) is 7.34. The van der Waals surface area contributed by atoms with E-state index in [4.69, 9.17) is 0 Å². The number of carbonyl (C=O) groups excluding carboxylic acids is 2. The van der Waals surface area contributed by atoms with Gasteiger partial charge >= 0.3 is 0 Å². The van der Waals surface area contributed by atoms with Gasteiger partial charge in [-0.2, -0.15) is 0 Å². The van der Waals surface area contributed by atoms with Crippen LogP contribution in [0.25, 0.3) is 0 Å². The monoisotopic (exact) mass is 289 g/mol. The van der Waals surface area contributed by atoms with Crippen LogP contribution < -0.4 is 16.0 Å². The third kappa shape index (κ3) is 3.42. The second kappa shape index (κ2) is 6.26. The van der Waals surface area contributed by atoms with E-state index in [9.17, 15) is 9.59 Å². The van der Waals surface area contributed by atoms with E-state index in [1.807, 2.05) is 0 Å². The van der Waals surface area contributed by atoms with Gasteiger partial charge in [-0.25, -0.2) is 0 Å². The molecule has 1 aromatic carbocycles. The van der Waals surface area contributed by atoms with Gasteiger partial charge in [0.25, 0.3) is 0 Å². The number of anilines is 2. The van der Waals surface area contributed by atoms with Crippen LogP contribution in [0.1, 0.15) is 27.2 Å². The summed E-state index contributed by atoms with van der Waals surface area (Å²) < 4.78 is 0. The van der Waals surface area contributed by atoms with Crippen LogP contribution >= 0.6 is 0 Å². The van der Waals surface area contributed by atoms with E-state index >= 15 is 0 Å². The topological polar surface area (TPSA) is 70.2 Å². The molecular weight excluding hydrogens is 266 g/mol. The molecule has 0 saturated carbocycles. The van der Waals surface area contributed by atoms with Gasteiger partial charge in [0.1, 0.15) is 0 Å². The van der Waals surface area contributed by atoms with Crippen molar-refractivity contribution in [1.29, 1.82) is 0 Å². The lowest BCUT2D eigenvalue weighted by Crippen LogP contribution is -2.42. The summed E-state index contributed by atoms with van der Waals surface area (Å²) in [6.07, 6.45) is 0.862. The fourth-order valence-electron chi connectivity index (χ4n) is 2.76. The van der Waals surface area contributed by atoms with E-state index in [0.717, 1.165) is 30.9 Å². The van der Waals surface area contributed by atoms with E-state index in [1.54, 1.807) is 24.3 Å². The average molecular weight is 289 g/mol. The maximum Gasteiger partial charge on any atom is 0.232 e. The van der Waals surface area contributed by atoms with Crippen LogP contribution in [-0.2, 0) is 9.59 Å². The maximum absolute atomic E-state index is 12.6. The highest BCUT2D eigenvalue weighted by Gasteiger charge is 2.43. The summed E-state index contributed by atoms with van der Waals surface area (Å²) in [4.78, 5) is 23.6. The smallest absolute Gasteiger partial charge is 0.232 e. The van der Waals surface area contributed by atoms with Crippen LogP contribution in [-0.4, -0.2) is 24.9 Å². The van der Waals surface area contributed by atoms with Gasteiger partial charge in [-0.3, -0.25) is 9.59 Å². The summed E-state index contributed by atoms with van der Waals surface area (Å²) in [7, 11) is 0. The number of amides is 2. The predicted octanol–water partition coefficient (Wildman–Crippen LogP) is 2.22. The highest BCUT2D eigenvalue weighted by atomic mass is 16.2. The SMILES string of the molecule is CC(=O)Nc1ccc(NC(=O)C2(C(C)C)CCNC2)cc1. The minimum Gasteiger partial charge on any atom is -0.326 e. The Bertz CT molecular complexity index is 517. The van der Waals surface area contributed by atoms with E-state index in [2.05, 4.69) is 29.8 Å². The molecule has 0 aliphatic carbocycles. The number of benzene rings is 1. The zero-order chi connectivity index (χ0) is 15.5. The lowest BCUT2D eigenvalue weighted by atomic mass is 9.75. The minimum absolute atomic E-state index is 0.0646. The highest BCUT2D eigenvalue weighted by molar-refractivity contribution is 5.96. The maximum atomic E-state index is 12.6. The van der Waals surface area contributed by atoms with E-state index < -0.39 is 0 Å². The number of rotatable bonds is 4. The second-order valence-corrected chi connectivity index (χ2v) is 5.95. The Hall–Kier alpha value is -1.88. The van der Waals surface area contributed by atoms with Gasteiger partial charge in [0.05, 0.1) is 5.41 Å². The number of hydrogen-bond acceptors (Lipinski definition) is 3. The first-order valence-corrected chi connectivity index (χ1v) is 7.34. The molecule has 0 spiro atoms. The molecule has 0 aromatic heterocycles. The molecule has 5 nitrogen and oxygen atoms in total. The third-order valence-corrected chi connectivity index (χ3v) is 4.21. The molecule has 0 radical (unpaired) electrons. The van der Waals surface area contributed by atoms with Crippen molar-refractivity contribution in [3.05, 3.63) is 24.3 Å². The molecule has 1 aliphatic heterocycles. The van der Waals surface area contributed by atoms with E-state index in [-0.39, 0.29) is 23.1 Å². The number of nitrogens with one attached hydrogen (secondary N) is 3. The van der Waals surface area contributed by atoms with Gasteiger partial charge in [-0.05, 0) is 43.1 Å². The third-order valence-electron chi connectivity index (χ3n) is 4.21. The van der Waals surface area contributed by atoms with Gasteiger partial charge in [0, 0.05) is 24.8 Å². The molecule has 1 saturated heterocycles. The molecule has 114 valence electrons. The molecule has 1 aliphatic rings. The Morgan fingerprint density at radius 2 is 1.71 bits per heavy atom. The average Bonchev–Trinajstić information content (AvgIpc) is 2.91. The number of hydrogen-bond donors (Lipinski definition) is 3. The summed E-state index contributed by atoms with van der Waals surface area (Å²) in [6.45, 7) is 7.25. The molecule has 5 heteroatoms. The lowest BCUT2D eigenvalue weighted by molar-refractivity contribution is -0.126. The summed E-state index contributed by atoms with van der Waals surface area (Å²) in [5, 5.41) is 8.98. The molecule has 2 rings (SSSR count). The number of carbonyl (C=O) groups is 2. The molecule has 1 fully saturated rings. The predicted molar refractivity (Wildman–Crippen MR) is 84.1 cm³/mol.